The lowest BCUT2D eigenvalue weighted by atomic mass is 9.77. The van der Waals surface area contributed by atoms with E-state index in [1.807, 2.05) is 18.2 Å². The highest BCUT2D eigenvalue weighted by molar-refractivity contribution is 6.35. The molecule has 0 atom stereocenters. The largest absolute Gasteiger partial charge is 0.464 e. The Morgan fingerprint density at radius 2 is 2.00 bits per heavy atom. The van der Waals surface area contributed by atoms with E-state index in [1.54, 1.807) is 6.07 Å². The number of amides is 1. The van der Waals surface area contributed by atoms with Crippen molar-refractivity contribution < 1.29 is 9.90 Å². The van der Waals surface area contributed by atoms with Crippen LogP contribution in [0, 0.1) is 5.92 Å². The Hall–Kier alpha value is -1.22. The number of carboxylic acid groups (broad SMARTS) is 1. The molecule has 0 spiro atoms. The van der Waals surface area contributed by atoms with Crippen LogP contribution in [0.4, 0.5) is 10.5 Å². The maximum atomic E-state index is 11.1. The van der Waals surface area contributed by atoms with Crippen LogP contribution in [0.3, 0.4) is 0 Å². The number of hydrogen-bond donors (Lipinski definition) is 1. The van der Waals surface area contributed by atoms with Crippen LogP contribution in [0.5, 0.6) is 0 Å². The van der Waals surface area contributed by atoms with Gasteiger partial charge in [-0.15, -0.1) is 0 Å². The summed E-state index contributed by atoms with van der Waals surface area (Å²) in [5.74, 6) is 0.826. The zero-order chi connectivity index (χ0) is 12.8. The molecule has 0 unspecified atom stereocenters. The molecule has 1 aromatic rings. The molecule has 2 bridgehead atoms. The monoisotopic (exact) mass is 265 g/mol. The van der Waals surface area contributed by atoms with Crippen LogP contribution in [0.25, 0.3) is 0 Å². The maximum Gasteiger partial charge on any atom is 0.426 e. The number of carbonyl (C=O) groups is 1. The van der Waals surface area contributed by atoms with E-state index in [-0.39, 0.29) is 5.41 Å². The van der Waals surface area contributed by atoms with Gasteiger partial charge in [0.15, 0.2) is 0 Å². The molecule has 18 heavy (non-hydrogen) atoms. The second kappa shape index (κ2) is 4.16. The second-order valence-corrected chi connectivity index (χ2v) is 5.85. The van der Waals surface area contributed by atoms with Gasteiger partial charge in [0, 0.05) is 11.8 Å². The Morgan fingerprint density at radius 3 is 2.56 bits per heavy atom. The molecule has 0 aliphatic heterocycles. The Labute approximate surface area is 111 Å². The number of halogens is 1. The molecule has 1 N–H and O–H groups in total. The van der Waals surface area contributed by atoms with Crippen molar-refractivity contribution in [1.29, 1.82) is 0 Å². The average Bonchev–Trinajstić information content (AvgIpc) is 2.99. The van der Waals surface area contributed by atoms with Gasteiger partial charge < -0.3 is 5.11 Å². The number of hydrogen-bond acceptors (Lipinski definition) is 1. The first-order valence-corrected chi connectivity index (χ1v) is 6.74. The Morgan fingerprint density at radius 1 is 1.33 bits per heavy atom. The molecule has 0 aromatic heterocycles. The number of para-hydroxylation sites is 1. The molecule has 0 saturated heterocycles. The zero-order valence-corrected chi connectivity index (χ0v) is 10.9. The minimum atomic E-state index is -1.12. The number of fused-ring (bicyclic) bond motifs is 2. The fourth-order valence-corrected chi connectivity index (χ4v) is 3.91. The minimum absolute atomic E-state index is 0.170. The van der Waals surface area contributed by atoms with Gasteiger partial charge in [0.25, 0.3) is 0 Å². The van der Waals surface area contributed by atoms with Crippen molar-refractivity contribution in [2.24, 2.45) is 5.92 Å². The molecule has 0 radical (unpaired) electrons. The zero-order valence-electron chi connectivity index (χ0n) is 10.1. The summed E-state index contributed by atoms with van der Waals surface area (Å²) in [6.07, 6.45) is 4.94. The Bertz CT molecular complexity index is 480. The fraction of sp³-hybridized carbons (Fsp3) is 0.500. The fourth-order valence-electron chi connectivity index (χ4n) is 3.77. The van der Waals surface area contributed by atoms with Gasteiger partial charge in [-0.2, -0.15) is 4.42 Å². The summed E-state index contributed by atoms with van der Waals surface area (Å²) >= 11 is 5.89. The van der Waals surface area contributed by atoms with Crippen LogP contribution < -0.4 is 4.42 Å². The van der Waals surface area contributed by atoms with E-state index in [0.29, 0.717) is 5.69 Å². The standard InChI is InChI=1S/C14H16ClNO2/c15-16(13(17)18)12-4-2-1-3-11(12)14-7-5-10(9-14)6-8-14/h1-4,10H,5-9H2,(H,17,18). The van der Waals surface area contributed by atoms with Crippen LogP contribution in [0.15, 0.2) is 24.3 Å². The smallest absolute Gasteiger partial charge is 0.426 e. The summed E-state index contributed by atoms with van der Waals surface area (Å²) in [4.78, 5) is 11.1. The molecule has 1 amide bonds. The molecule has 3 nitrogen and oxygen atoms in total. The highest BCUT2D eigenvalue weighted by atomic mass is 35.5. The van der Waals surface area contributed by atoms with Crippen molar-refractivity contribution in [3.63, 3.8) is 0 Å². The van der Waals surface area contributed by atoms with Gasteiger partial charge in [-0.1, -0.05) is 18.2 Å². The third-order valence-corrected chi connectivity index (χ3v) is 4.92. The van der Waals surface area contributed by atoms with E-state index < -0.39 is 6.09 Å². The minimum Gasteiger partial charge on any atom is -0.464 e. The van der Waals surface area contributed by atoms with E-state index in [0.717, 1.165) is 15.9 Å². The molecule has 2 saturated carbocycles. The van der Waals surface area contributed by atoms with Gasteiger partial charge in [0.2, 0.25) is 0 Å². The van der Waals surface area contributed by atoms with Gasteiger partial charge in [0.1, 0.15) is 0 Å². The van der Waals surface area contributed by atoms with Crippen molar-refractivity contribution in [2.75, 3.05) is 4.42 Å². The van der Waals surface area contributed by atoms with Crippen molar-refractivity contribution in [2.45, 2.75) is 37.5 Å². The number of nitrogens with zero attached hydrogens (tertiary/aromatic N) is 1. The summed E-state index contributed by atoms with van der Waals surface area (Å²) in [5.41, 5.74) is 1.92. The lowest BCUT2D eigenvalue weighted by molar-refractivity contribution is 0.206. The Balaban J connectivity index is 2.04. The molecule has 2 fully saturated rings. The lowest BCUT2D eigenvalue weighted by Gasteiger charge is -2.30. The van der Waals surface area contributed by atoms with E-state index in [4.69, 9.17) is 16.9 Å². The summed E-state index contributed by atoms with van der Waals surface area (Å²) < 4.78 is 0.829. The van der Waals surface area contributed by atoms with Crippen LogP contribution >= 0.6 is 11.8 Å². The quantitative estimate of drug-likeness (QED) is 0.816. The van der Waals surface area contributed by atoms with E-state index >= 15 is 0 Å². The number of anilines is 1. The van der Waals surface area contributed by atoms with Crippen LogP contribution in [-0.4, -0.2) is 11.2 Å². The maximum absolute atomic E-state index is 11.1. The molecule has 1 aromatic carbocycles. The Kier molecular flexibility index (Phi) is 2.74. The molecular formula is C14H16ClNO2. The number of rotatable bonds is 2. The van der Waals surface area contributed by atoms with Crippen molar-refractivity contribution >= 4 is 23.6 Å². The summed E-state index contributed by atoms with van der Waals surface area (Å²) in [6.45, 7) is 0. The first kappa shape index (κ1) is 11.8. The van der Waals surface area contributed by atoms with Crippen molar-refractivity contribution in [3.05, 3.63) is 29.8 Å². The van der Waals surface area contributed by atoms with Crippen molar-refractivity contribution in [1.82, 2.24) is 0 Å². The number of benzene rings is 1. The molecule has 4 heteroatoms. The average molecular weight is 266 g/mol. The summed E-state index contributed by atoms with van der Waals surface area (Å²) in [6, 6.07) is 7.67. The molecular weight excluding hydrogens is 250 g/mol. The predicted molar refractivity (Wildman–Crippen MR) is 71.1 cm³/mol. The van der Waals surface area contributed by atoms with Crippen LogP contribution in [0.1, 0.15) is 37.7 Å². The highest BCUT2D eigenvalue weighted by Crippen LogP contribution is 2.57. The van der Waals surface area contributed by atoms with E-state index in [9.17, 15) is 4.79 Å². The van der Waals surface area contributed by atoms with Gasteiger partial charge in [-0.3, -0.25) is 0 Å². The summed E-state index contributed by atoms with van der Waals surface area (Å²) in [5, 5.41) is 9.06. The third-order valence-electron chi connectivity index (χ3n) is 4.60. The molecule has 3 rings (SSSR count). The first-order valence-electron chi connectivity index (χ1n) is 6.41. The van der Waals surface area contributed by atoms with Crippen LogP contribution in [-0.2, 0) is 5.41 Å². The van der Waals surface area contributed by atoms with Crippen molar-refractivity contribution in [3.8, 4) is 0 Å². The van der Waals surface area contributed by atoms with E-state index in [1.165, 1.54) is 32.1 Å². The SMILES string of the molecule is O=C(O)N(Cl)c1ccccc1C12CCC(CC1)C2. The van der Waals surface area contributed by atoms with Gasteiger partial charge in [0.05, 0.1) is 5.69 Å². The first-order chi connectivity index (χ1) is 8.62. The topological polar surface area (TPSA) is 40.5 Å². The second-order valence-electron chi connectivity index (χ2n) is 5.51. The third kappa shape index (κ3) is 1.69. The molecule has 96 valence electrons. The van der Waals surface area contributed by atoms with E-state index in [2.05, 4.69) is 0 Å². The molecule has 0 heterocycles. The molecule has 2 aliphatic carbocycles. The normalized spacial score (nSPS) is 29.5. The van der Waals surface area contributed by atoms with Gasteiger partial charge in [-0.05, 0) is 55.1 Å². The lowest BCUT2D eigenvalue weighted by Crippen LogP contribution is -2.26. The van der Waals surface area contributed by atoms with Gasteiger partial charge >= 0.3 is 6.09 Å². The molecule has 2 aliphatic rings. The highest BCUT2D eigenvalue weighted by Gasteiger charge is 2.47. The predicted octanol–water partition coefficient (Wildman–Crippen LogP) is 4.16. The van der Waals surface area contributed by atoms with Crippen LogP contribution in [0.2, 0.25) is 0 Å². The van der Waals surface area contributed by atoms with Gasteiger partial charge in [-0.25, -0.2) is 4.79 Å². The summed E-state index contributed by atoms with van der Waals surface area (Å²) in [7, 11) is 0.